The largest absolute Gasteiger partial charge is 0.292 e. The fourth-order valence-electron chi connectivity index (χ4n) is 5.85. The maximum absolute atomic E-state index is 5.02. The number of nitrogens with zero attached hydrogens (tertiary/aromatic N) is 1. The molecule has 1 unspecified atom stereocenters. The Morgan fingerprint density at radius 1 is 0.839 bits per heavy atom. The van der Waals surface area contributed by atoms with Crippen molar-refractivity contribution in [1.82, 2.24) is 0 Å². The van der Waals surface area contributed by atoms with E-state index in [0.717, 1.165) is 24.3 Å². The van der Waals surface area contributed by atoms with Crippen molar-refractivity contribution in [2.24, 2.45) is 28.2 Å². The van der Waals surface area contributed by atoms with Crippen LogP contribution in [0.4, 0.5) is 0 Å². The van der Waals surface area contributed by atoms with Crippen LogP contribution >= 0.6 is 7.92 Å². The summed E-state index contributed by atoms with van der Waals surface area (Å²) in [6, 6.07) is 30.8. The van der Waals surface area contributed by atoms with Crippen molar-refractivity contribution in [3.63, 3.8) is 0 Å². The minimum absolute atomic E-state index is 0.533. The third-order valence-electron chi connectivity index (χ3n) is 7.78. The minimum Gasteiger partial charge on any atom is -0.292 e. The average Bonchev–Trinajstić information content (AvgIpc) is 2.82. The van der Waals surface area contributed by atoms with Crippen molar-refractivity contribution >= 4 is 30.0 Å². The summed E-state index contributed by atoms with van der Waals surface area (Å²) in [5, 5.41) is 4.17. The molecule has 0 radical (unpaired) electrons. The molecule has 0 heterocycles. The molecule has 0 aromatic heterocycles. The van der Waals surface area contributed by atoms with E-state index >= 15 is 0 Å². The van der Waals surface area contributed by atoms with E-state index in [2.05, 4.69) is 105 Å². The Morgan fingerprint density at radius 2 is 1.45 bits per heavy atom. The molecule has 3 atom stereocenters. The van der Waals surface area contributed by atoms with E-state index in [4.69, 9.17) is 4.99 Å². The lowest BCUT2D eigenvalue weighted by Gasteiger charge is -2.60. The molecule has 0 N–H and O–H groups in total. The Hall–Kier alpha value is -2.24. The van der Waals surface area contributed by atoms with Crippen LogP contribution in [0.5, 0.6) is 0 Å². The van der Waals surface area contributed by atoms with E-state index in [1.54, 1.807) is 0 Å². The van der Waals surface area contributed by atoms with Crippen LogP contribution < -0.4 is 15.9 Å². The van der Waals surface area contributed by atoms with Crippen LogP contribution in [0, 0.1) is 23.2 Å². The Morgan fingerprint density at radius 3 is 2.06 bits per heavy atom. The van der Waals surface area contributed by atoms with Crippen molar-refractivity contribution in [3.8, 4) is 0 Å². The van der Waals surface area contributed by atoms with Gasteiger partial charge < -0.3 is 0 Å². The van der Waals surface area contributed by atoms with E-state index in [0.29, 0.717) is 5.41 Å². The molecule has 0 saturated heterocycles. The normalized spacial score (nSPS) is 24.3. The standard InChI is InChI=1S/C29H32NP/c1-29(2)24-18-17-22(27(29)19-24)20-30-21-23-11-9-10-16-28(23)31(25-12-5-3-6-13-25)26-14-7-4-8-15-26/h3-16,21-22,24,27H,17-20H2,1-2H3/t22?,24-,27-/m0/s1. The molecular weight excluding hydrogens is 393 g/mol. The first-order chi connectivity index (χ1) is 15.1. The average molecular weight is 426 g/mol. The van der Waals surface area contributed by atoms with Crippen molar-refractivity contribution in [2.45, 2.75) is 33.1 Å². The topological polar surface area (TPSA) is 12.4 Å². The van der Waals surface area contributed by atoms with E-state index < -0.39 is 7.92 Å². The number of benzene rings is 3. The summed E-state index contributed by atoms with van der Waals surface area (Å²) in [4.78, 5) is 5.02. The van der Waals surface area contributed by atoms with Crippen LogP contribution in [-0.4, -0.2) is 12.8 Å². The lowest BCUT2D eigenvalue weighted by Crippen LogP contribution is -2.53. The third kappa shape index (κ3) is 4.01. The van der Waals surface area contributed by atoms with Crippen molar-refractivity contribution in [3.05, 3.63) is 90.5 Å². The first kappa shape index (κ1) is 20.7. The summed E-state index contributed by atoms with van der Waals surface area (Å²) >= 11 is 0. The molecule has 3 fully saturated rings. The zero-order valence-corrected chi connectivity index (χ0v) is 19.5. The zero-order valence-electron chi connectivity index (χ0n) is 18.6. The van der Waals surface area contributed by atoms with Gasteiger partial charge in [-0.15, -0.1) is 0 Å². The fraction of sp³-hybridized carbons (Fsp3) is 0.345. The molecular formula is C29H32NP. The minimum atomic E-state index is -0.605. The second kappa shape index (κ2) is 8.71. The predicted octanol–water partition coefficient (Wildman–Crippen LogP) is 5.94. The molecule has 6 rings (SSSR count). The second-order valence-corrected chi connectivity index (χ2v) is 11.9. The number of rotatable bonds is 6. The van der Waals surface area contributed by atoms with Crippen molar-refractivity contribution in [1.29, 1.82) is 0 Å². The van der Waals surface area contributed by atoms with Gasteiger partial charge in [0.15, 0.2) is 0 Å². The van der Waals surface area contributed by atoms with E-state index in [1.165, 1.54) is 40.7 Å². The van der Waals surface area contributed by atoms with Gasteiger partial charge >= 0.3 is 0 Å². The predicted molar refractivity (Wildman–Crippen MR) is 136 cm³/mol. The molecule has 3 aliphatic carbocycles. The van der Waals surface area contributed by atoms with Gasteiger partial charge in [0.1, 0.15) is 0 Å². The van der Waals surface area contributed by atoms with Gasteiger partial charge in [0.2, 0.25) is 0 Å². The number of hydrogen-bond donors (Lipinski definition) is 0. The van der Waals surface area contributed by atoms with Crippen LogP contribution in [0.1, 0.15) is 38.7 Å². The Kier molecular flexibility index (Phi) is 5.81. The Balaban J connectivity index is 1.43. The maximum Gasteiger partial charge on any atom is 0.0420 e. The van der Waals surface area contributed by atoms with Gasteiger partial charge in [-0.2, -0.15) is 0 Å². The highest BCUT2D eigenvalue weighted by Gasteiger charge is 2.53. The molecule has 3 saturated carbocycles. The van der Waals surface area contributed by atoms with E-state index in [9.17, 15) is 0 Å². The molecule has 0 spiro atoms. The van der Waals surface area contributed by atoms with Crippen LogP contribution in [0.15, 0.2) is 89.9 Å². The SMILES string of the molecule is CC1(C)[C@H]2CCC(CN=Cc3ccccc3P(c3ccccc3)c3ccccc3)[C@@H]1C2. The first-order valence-electron chi connectivity index (χ1n) is 11.6. The van der Waals surface area contributed by atoms with E-state index in [1.807, 2.05) is 0 Å². The number of hydrogen-bond acceptors (Lipinski definition) is 1. The highest BCUT2D eigenvalue weighted by molar-refractivity contribution is 7.80. The summed E-state index contributed by atoms with van der Waals surface area (Å²) in [5.74, 6) is 2.58. The van der Waals surface area contributed by atoms with Gasteiger partial charge in [0.05, 0.1) is 0 Å². The van der Waals surface area contributed by atoms with Gasteiger partial charge in [0.25, 0.3) is 0 Å². The Labute approximate surface area is 188 Å². The summed E-state index contributed by atoms with van der Waals surface area (Å²) in [5.41, 5.74) is 1.80. The van der Waals surface area contributed by atoms with Crippen LogP contribution in [0.3, 0.4) is 0 Å². The molecule has 0 amide bonds. The van der Waals surface area contributed by atoms with Crippen LogP contribution in [-0.2, 0) is 0 Å². The number of aliphatic imine (C=N–C) groups is 1. The fourth-order valence-corrected chi connectivity index (χ4v) is 8.27. The highest BCUT2D eigenvalue weighted by atomic mass is 31.1. The lowest BCUT2D eigenvalue weighted by atomic mass is 9.45. The Bertz CT molecular complexity index is 999. The first-order valence-corrected chi connectivity index (χ1v) is 13.0. The molecule has 1 nitrogen and oxygen atoms in total. The van der Waals surface area contributed by atoms with Gasteiger partial charge in [-0.1, -0.05) is 98.8 Å². The lowest BCUT2D eigenvalue weighted by molar-refractivity contribution is -0.101. The smallest absolute Gasteiger partial charge is 0.0420 e. The molecule has 3 aromatic rings. The maximum atomic E-state index is 5.02. The van der Waals surface area contributed by atoms with Crippen LogP contribution in [0.2, 0.25) is 0 Å². The zero-order chi connectivity index (χ0) is 21.3. The second-order valence-electron chi connectivity index (χ2n) is 9.76. The van der Waals surface area contributed by atoms with Crippen LogP contribution in [0.25, 0.3) is 0 Å². The van der Waals surface area contributed by atoms with Gasteiger partial charge in [-0.3, -0.25) is 4.99 Å². The van der Waals surface area contributed by atoms with E-state index in [-0.39, 0.29) is 0 Å². The molecule has 158 valence electrons. The van der Waals surface area contributed by atoms with Gasteiger partial charge in [-0.05, 0) is 66.3 Å². The number of fused-ring (bicyclic) bond motifs is 2. The van der Waals surface area contributed by atoms with Crippen molar-refractivity contribution < 1.29 is 0 Å². The highest BCUT2D eigenvalue weighted by Crippen LogP contribution is 2.61. The summed E-state index contributed by atoms with van der Waals surface area (Å²) in [7, 11) is -0.605. The summed E-state index contributed by atoms with van der Waals surface area (Å²) < 4.78 is 0. The third-order valence-corrected chi connectivity index (χ3v) is 10.3. The summed E-state index contributed by atoms with van der Waals surface area (Å²) in [6.07, 6.45) is 6.34. The molecule has 3 aromatic carbocycles. The van der Waals surface area contributed by atoms with Gasteiger partial charge in [0, 0.05) is 18.3 Å². The van der Waals surface area contributed by atoms with Gasteiger partial charge in [-0.25, -0.2) is 0 Å². The molecule has 2 bridgehead atoms. The van der Waals surface area contributed by atoms with Crippen molar-refractivity contribution in [2.75, 3.05) is 6.54 Å². The molecule has 2 heteroatoms. The molecule has 3 aliphatic rings. The monoisotopic (exact) mass is 425 g/mol. The molecule has 31 heavy (non-hydrogen) atoms. The summed E-state index contributed by atoms with van der Waals surface area (Å²) in [6.45, 7) is 5.93. The quantitative estimate of drug-likeness (QED) is 0.343. The molecule has 0 aliphatic heterocycles.